The van der Waals surface area contributed by atoms with E-state index in [1.165, 1.54) is 19.3 Å². The molecule has 0 bridgehead atoms. The first-order chi connectivity index (χ1) is 12.2. The van der Waals surface area contributed by atoms with Crippen LogP contribution in [-0.4, -0.2) is 21.5 Å². The summed E-state index contributed by atoms with van der Waals surface area (Å²) in [4.78, 5) is 0. The number of hydrogen-bond acceptors (Lipinski definition) is 4. The highest BCUT2D eigenvalue weighted by atomic mass is 16.5. The van der Waals surface area contributed by atoms with Crippen LogP contribution in [0.4, 0.5) is 0 Å². The Balaban J connectivity index is 1.77. The lowest BCUT2D eigenvalue weighted by Crippen LogP contribution is -2.18. The van der Waals surface area contributed by atoms with E-state index >= 15 is 0 Å². The molecule has 5 heteroatoms. The SMILES string of the molecule is Cc1nn(C2CCCCC2)c(COc2ccc(CCO)cc2)c1C#N. The number of nitrogens with zero attached hydrogens (tertiary/aromatic N) is 3. The molecule has 1 aromatic carbocycles. The summed E-state index contributed by atoms with van der Waals surface area (Å²) in [7, 11) is 0. The van der Waals surface area contributed by atoms with Gasteiger partial charge in [0.1, 0.15) is 18.4 Å². The van der Waals surface area contributed by atoms with Gasteiger partial charge in [0.15, 0.2) is 0 Å². The van der Waals surface area contributed by atoms with Gasteiger partial charge >= 0.3 is 0 Å². The lowest BCUT2D eigenvalue weighted by Gasteiger charge is -2.24. The second-order valence-corrected chi connectivity index (χ2v) is 6.66. The number of rotatable bonds is 6. The average Bonchev–Trinajstić information content (AvgIpc) is 2.97. The minimum atomic E-state index is 0.144. The standard InChI is InChI=1S/C20H25N3O2/c1-15-19(13-21)20(23(22-15)17-5-3-2-4-6-17)14-25-18-9-7-16(8-10-18)11-12-24/h7-10,17,24H,2-6,11-12,14H2,1H3. The van der Waals surface area contributed by atoms with Crippen molar-refractivity contribution in [2.24, 2.45) is 0 Å². The molecule has 3 rings (SSSR count). The fourth-order valence-electron chi connectivity index (χ4n) is 3.54. The van der Waals surface area contributed by atoms with Crippen LogP contribution in [0.2, 0.25) is 0 Å². The molecule has 1 aromatic heterocycles. The van der Waals surface area contributed by atoms with E-state index in [-0.39, 0.29) is 6.61 Å². The predicted molar refractivity (Wildman–Crippen MR) is 95.4 cm³/mol. The average molecular weight is 339 g/mol. The molecule has 5 nitrogen and oxygen atoms in total. The predicted octanol–water partition coefficient (Wildman–Crippen LogP) is 3.68. The molecular weight excluding hydrogens is 314 g/mol. The van der Waals surface area contributed by atoms with Crippen LogP contribution in [0.3, 0.4) is 0 Å². The van der Waals surface area contributed by atoms with Crippen molar-refractivity contribution in [1.29, 1.82) is 5.26 Å². The summed E-state index contributed by atoms with van der Waals surface area (Å²) in [6, 6.07) is 10.4. The van der Waals surface area contributed by atoms with Gasteiger partial charge in [-0.1, -0.05) is 31.4 Å². The summed E-state index contributed by atoms with van der Waals surface area (Å²) in [6.07, 6.45) is 6.61. The maximum Gasteiger partial charge on any atom is 0.131 e. The van der Waals surface area contributed by atoms with Crippen LogP contribution in [0.5, 0.6) is 5.75 Å². The minimum absolute atomic E-state index is 0.144. The monoisotopic (exact) mass is 339 g/mol. The van der Waals surface area contributed by atoms with E-state index in [0.29, 0.717) is 24.6 Å². The Morgan fingerprint density at radius 2 is 1.96 bits per heavy atom. The molecule has 1 saturated carbocycles. The molecule has 1 aliphatic carbocycles. The molecule has 1 N–H and O–H groups in total. The molecular formula is C20H25N3O2. The Labute approximate surface area is 148 Å². The zero-order valence-corrected chi connectivity index (χ0v) is 14.7. The molecule has 1 heterocycles. The molecule has 0 saturated heterocycles. The van der Waals surface area contributed by atoms with Gasteiger partial charge in [-0.15, -0.1) is 0 Å². The minimum Gasteiger partial charge on any atom is -0.487 e. The highest BCUT2D eigenvalue weighted by Crippen LogP contribution is 2.30. The lowest BCUT2D eigenvalue weighted by molar-refractivity contribution is 0.265. The zero-order valence-electron chi connectivity index (χ0n) is 14.7. The molecule has 0 amide bonds. The molecule has 0 radical (unpaired) electrons. The molecule has 25 heavy (non-hydrogen) atoms. The molecule has 0 atom stereocenters. The van der Waals surface area contributed by atoms with Crippen molar-refractivity contribution in [3.05, 3.63) is 46.8 Å². The maximum atomic E-state index is 9.52. The highest BCUT2D eigenvalue weighted by molar-refractivity contribution is 5.38. The van der Waals surface area contributed by atoms with Gasteiger partial charge in [0.05, 0.1) is 23.0 Å². The molecule has 132 valence electrons. The number of nitriles is 1. The number of aliphatic hydroxyl groups excluding tert-OH is 1. The summed E-state index contributed by atoms with van der Waals surface area (Å²) < 4.78 is 7.97. The van der Waals surface area contributed by atoms with Gasteiger partial charge in [-0.2, -0.15) is 10.4 Å². The largest absolute Gasteiger partial charge is 0.487 e. The molecule has 0 spiro atoms. The zero-order chi connectivity index (χ0) is 17.6. The van der Waals surface area contributed by atoms with Crippen molar-refractivity contribution in [3.8, 4) is 11.8 Å². The van der Waals surface area contributed by atoms with Gasteiger partial charge in [0, 0.05) is 6.61 Å². The van der Waals surface area contributed by atoms with Crippen molar-refractivity contribution in [1.82, 2.24) is 9.78 Å². The molecule has 1 aliphatic rings. The number of aromatic nitrogens is 2. The quantitative estimate of drug-likeness (QED) is 0.871. The summed E-state index contributed by atoms with van der Waals surface area (Å²) >= 11 is 0. The summed E-state index contributed by atoms with van der Waals surface area (Å²) in [5.41, 5.74) is 3.38. The fourth-order valence-corrected chi connectivity index (χ4v) is 3.54. The van der Waals surface area contributed by atoms with Crippen LogP contribution >= 0.6 is 0 Å². The normalized spacial score (nSPS) is 15.1. The fraction of sp³-hybridized carbons (Fsp3) is 0.500. The third-order valence-electron chi connectivity index (χ3n) is 4.92. The van der Waals surface area contributed by atoms with Crippen molar-refractivity contribution in [2.75, 3.05) is 6.61 Å². The number of benzene rings is 1. The van der Waals surface area contributed by atoms with E-state index in [1.54, 1.807) is 0 Å². The van der Waals surface area contributed by atoms with Gasteiger partial charge < -0.3 is 9.84 Å². The van der Waals surface area contributed by atoms with Crippen molar-refractivity contribution < 1.29 is 9.84 Å². The highest BCUT2D eigenvalue weighted by Gasteiger charge is 2.23. The van der Waals surface area contributed by atoms with E-state index in [2.05, 4.69) is 11.2 Å². The summed E-state index contributed by atoms with van der Waals surface area (Å²) in [5.74, 6) is 0.764. The number of aryl methyl sites for hydroxylation is 1. The van der Waals surface area contributed by atoms with Gasteiger partial charge in [0.25, 0.3) is 0 Å². The summed E-state index contributed by atoms with van der Waals surface area (Å²) in [6.45, 7) is 2.39. The number of ether oxygens (including phenoxy) is 1. The van der Waals surface area contributed by atoms with Gasteiger partial charge in [-0.3, -0.25) is 4.68 Å². The number of aliphatic hydroxyl groups is 1. The van der Waals surface area contributed by atoms with E-state index in [1.807, 2.05) is 35.9 Å². The van der Waals surface area contributed by atoms with E-state index < -0.39 is 0 Å². The number of hydrogen-bond donors (Lipinski definition) is 1. The molecule has 0 unspecified atom stereocenters. The lowest BCUT2D eigenvalue weighted by atomic mass is 9.95. The van der Waals surface area contributed by atoms with Gasteiger partial charge in [-0.25, -0.2) is 0 Å². The third-order valence-corrected chi connectivity index (χ3v) is 4.92. The maximum absolute atomic E-state index is 9.52. The Bertz CT molecular complexity index is 738. The summed E-state index contributed by atoms with van der Waals surface area (Å²) in [5, 5.41) is 23.1. The van der Waals surface area contributed by atoms with E-state index in [4.69, 9.17) is 9.84 Å². The van der Waals surface area contributed by atoms with Crippen LogP contribution in [0.15, 0.2) is 24.3 Å². The second-order valence-electron chi connectivity index (χ2n) is 6.66. The van der Waals surface area contributed by atoms with Crippen molar-refractivity contribution >= 4 is 0 Å². The first kappa shape index (κ1) is 17.5. The Kier molecular flexibility index (Phi) is 5.72. The van der Waals surface area contributed by atoms with Gasteiger partial charge in [-0.05, 0) is 43.9 Å². The van der Waals surface area contributed by atoms with E-state index in [0.717, 1.165) is 35.5 Å². The van der Waals surface area contributed by atoms with Crippen LogP contribution < -0.4 is 4.74 Å². The van der Waals surface area contributed by atoms with E-state index in [9.17, 15) is 5.26 Å². The Morgan fingerprint density at radius 1 is 1.24 bits per heavy atom. The first-order valence-electron chi connectivity index (χ1n) is 9.03. The van der Waals surface area contributed by atoms with Crippen LogP contribution in [0.25, 0.3) is 0 Å². The van der Waals surface area contributed by atoms with Crippen molar-refractivity contribution in [2.45, 2.75) is 58.1 Å². The molecule has 2 aromatic rings. The topological polar surface area (TPSA) is 71.1 Å². The van der Waals surface area contributed by atoms with Gasteiger partial charge in [0.2, 0.25) is 0 Å². The van der Waals surface area contributed by atoms with Crippen LogP contribution in [0, 0.1) is 18.3 Å². The second kappa shape index (κ2) is 8.17. The molecule has 1 fully saturated rings. The Morgan fingerprint density at radius 3 is 2.60 bits per heavy atom. The first-order valence-corrected chi connectivity index (χ1v) is 9.03. The van der Waals surface area contributed by atoms with Crippen molar-refractivity contribution in [3.63, 3.8) is 0 Å². The molecule has 0 aliphatic heterocycles. The smallest absolute Gasteiger partial charge is 0.131 e. The third kappa shape index (κ3) is 4.02. The van der Waals surface area contributed by atoms with Crippen LogP contribution in [-0.2, 0) is 13.0 Å². The Hall–Kier alpha value is -2.32. The van der Waals surface area contributed by atoms with Crippen LogP contribution in [0.1, 0.15) is 60.7 Å².